The van der Waals surface area contributed by atoms with Crippen molar-refractivity contribution in [3.63, 3.8) is 0 Å². The lowest BCUT2D eigenvalue weighted by Gasteiger charge is -2.32. The quantitative estimate of drug-likeness (QED) is 0.735. The number of hydrogen-bond acceptors (Lipinski definition) is 5. The molecule has 3 rings (SSSR count). The van der Waals surface area contributed by atoms with Crippen LogP contribution in [0, 0.1) is 19.8 Å². The lowest BCUT2D eigenvalue weighted by Crippen LogP contribution is -2.47. The third-order valence-electron chi connectivity index (χ3n) is 5.14. The number of amides is 2. The predicted octanol–water partition coefficient (Wildman–Crippen LogP) is 2.86. The molecule has 2 aromatic rings. The first-order valence-electron chi connectivity index (χ1n) is 9.85. The summed E-state index contributed by atoms with van der Waals surface area (Å²) in [6, 6.07) is 10.8. The monoisotopic (exact) mass is 449 g/mol. The van der Waals surface area contributed by atoms with Gasteiger partial charge in [-0.25, -0.2) is 8.42 Å². The van der Waals surface area contributed by atoms with Gasteiger partial charge < -0.3 is 10.2 Å². The molecule has 0 saturated carbocycles. The van der Waals surface area contributed by atoms with E-state index >= 15 is 0 Å². The minimum absolute atomic E-state index is 0.0833. The molecule has 1 aromatic carbocycles. The summed E-state index contributed by atoms with van der Waals surface area (Å²) in [5, 5.41) is 2.78. The minimum Gasteiger partial charge on any atom is -0.336 e. The molecule has 0 radical (unpaired) electrons. The van der Waals surface area contributed by atoms with Crippen LogP contribution in [0.5, 0.6) is 0 Å². The summed E-state index contributed by atoms with van der Waals surface area (Å²) in [7, 11) is -2.02. The standard InChI is InChI=1S/C21H27N3O4S2/c1-15-6-9-18(10-7-15)22-19(25)14-23(3)21(26)17-5-4-12-24(13-17)30(27,28)20-11-8-16(2)29-20/h6-11,17H,4-5,12-14H2,1-3H3,(H,22,25)/t17-/m1/s1. The summed E-state index contributed by atoms with van der Waals surface area (Å²) in [5.74, 6) is -0.952. The Hall–Kier alpha value is -2.23. The highest BCUT2D eigenvalue weighted by Crippen LogP contribution is 2.28. The second-order valence-corrected chi connectivity index (χ2v) is 11.1. The Kier molecular flexibility index (Phi) is 6.95. The van der Waals surface area contributed by atoms with E-state index in [1.165, 1.54) is 20.5 Å². The normalized spacial score (nSPS) is 17.5. The van der Waals surface area contributed by atoms with Gasteiger partial charge in [0.25, 0.3) is 10.0 Å². The first kappa shape index (κ1) is 22.5. The molecule has 2 amide bonds. The zero-order chi connectivity index (χ0) is 21.9. The molecular formula is C21H27N3O4S2. The number of likely N-dealkylation sites (N-methyl/N-ethyl adjacent to an activating group) is 1. The number of anilines is 1. The molecule has 1 saturated heterocycles. The fourth-order valence-electron chi connectivity index (χ4n) is 3.48. The van der Waals surface area contributed by atoms with Gasteiger partial charge in [0, 0.05) is 30.7 Å². The molecule has 30 heavy (non-hydrogen) atoms. The zero-order valence-electron chi connectivity index (χ0n) is 17.4. The molecule has 2 heterocycles. The van der Waals surface area contributed by atoms with Crippen molar-refractivity contribution < 1.29 is 18.0 Å². The molecule has 0 spiro atoms. The van der Waals surface area contributed by atoms with Crippen LogP contribution >= 0.6 is 11.3 Å². The SMILES string of the molecule is Cc1ccc(NC(=O)CN(C)C(=O)[C@@H]2CCCN(S(=O)(=O)c3ccc(C)s3)C2)cc1. The molecule has 0 unspecified atom stereocenters. The molecule has 1 aliphatic heterocycles. The van der Waals surface area contributed by atoms with Gasteiger partial charge in [0.05, 0.1) is 12.5 Å². The lowest BCUT2D eigenvalue weighted by atomic mass is 9.98. The number of nitrogens with one attached hydrogen (secondary N) is 1. The maximum atomic E-state index is 12.9. The van der Waals surface area contributed by atoms with E-state index in [4.69, 9.17) is 0 Å². The van der Waals surface area contributed by atoms with Crippen molar-refractivity contribution in [2.75, 3.05) is 32.0 Å². The van der Waals surface area contributed by atoms with E-state index in [1.807, 2.05) is 38.1 Å². The fraction of sp³-hybridized carbons (Fsp3) is 0.429. The van der Waals surface area contributed by atoms with Gasteiger partial charge in [-0.3, -0.25) is 9.59 Å². The fourth-order valence-corrected chi connectivity index (χ4v) is 6.44. The molecule has 1 aromatic heterocycles. The van der Waals surface area contributed by atoms with Gasteiger partial charge in [0.15, 0.2) is 0 Å². The summed E-state index contributed by atoms with van der Waals surface area (Å²) >= 11 is 1.24. The highest BCUT2D eigenvalue weighted by Gasteiger charge is 2.35. The summed E-state index contributed by atoms with van der Waals surface area (Å²) in [6.45, 7) is 4.29. The van der Waals surface area contributed by atoms with Gasteiger partial charge in [0.1, 0.15) is 4.21 Å². The molecule has 162 valence electrons. The van der Waals surface area contributed by atoms with Crippen molar-refractivity contribution >= 4 is 38.9 Å². The number of sulfonamides is 1. The van der Waals surface area contributed by atoms with Crippen molar-refractivity contribution in [1.29, 1.82) is 0 Å². The van der Waals surface area contributed by atoms with Crippen molar-refractivity contribution in [3.05, 3.63) is 46.8 Å². The molecule has 1 atom stereocenters. The number of aryl methyl sites for hydroxylation is 2. The van der Waals surface area contributed by atoms with Gasteiger partial charge in [-0.15, -0.1) is 11.3 Å². The van der Waals surface area contributed by atoms with Crippen LogP contribution in [0.2, 0.25) is 0 Å². The average molecular weight is 450 g/mol. The van der Waals surface area contributed by atoms with Gasteiger partial charge in [-0.2, -0.15) is 4.31 Å². The van der Waals surface area contributed by atoms with Crippen molar-refractivity contribution in [1.82, 2.24) is 9.21 Å². The Balaban J connectivity index is 1.60. The Bertz CT molecular complexity index is 1020. The van der Waals surface area contributed by atoms with Crippen LogP contribution in [-0.4, -0.2) is 56.1 Å². The predicted molar refractivity (Wildman–Crippen MR) is 118 cm³/mol. The van der Waals surface area contributed by atoms with E-state index in [2.05, 4.69) is 5.32 Å². The van der Waals surface area contributed by atoms with Crippen LogP contribution in [0.3, 0.4) is 0 Å². The average Bonchev–Trinajstić information content (AvgIpc) is 3.16. The van der Waals surface area contributed by atoms with Crippen molar-refractivity contribution in [2.45, 2.75) is 30.9 Å². The maximum absolute atomic E-state index is 12.9. The zero-order valence-corrected chi connectivity index (χ0v) is 19.1. The summed E-state index contributed by atoms with van der Waals surface area (Å²) in [5.41, 5.74) is 1.77. The number of piperidine rings is 1. The largest absolute Gasteiger partial charge is 0.336 e. The van der Waals surface area contributed by atoms with Crippen molar-refractivity contribution in [3.8, 4) is 0 Å². The highest BCUT2D eigenvalue weighted by molar-refractivity contribution is 7.91. The van der Waals surface area contributed by atoms with E-state index in [-0.39, 0.29) is 24.9 Å². The smallest absolute Gasteiger partial charge is 0.252 e. The Morgan fingerprint density at radius 1 is 1.17 bits per heavy atom. The lowest BCUT2D eigenvalue weighted by molar-refractivity contribution is -0.138. The molecule has 0 bridgehead atoms. The molecule has 7 nitrogen and oxygen atoms in total. The van der Waals surface area contributed by atoms with Gasteiger partial charge in [-0.05, 0) is 51.0 Å². The number of carbonyl (C=O) groups is 2. The Morgan fingerprint density at radius 3 is 2.50 bits per heavy atom. The second-order valence-electron chi connectivity index (χ2n) is 7.68. The van der Waals surface area contributed by atoms with Gasteiger partial charge in [-0.1, -0.05) is 17.7 Å². The second kappa shape index (κ2) is 9.28. The molecular weight excluding hydrogens is 422 g/mol. The van der Waals surface area contributed by atoms with Crippen LogP contribution in [0.25, 0.3) is 0 Å². The van der Waals surface area contributed by atoms with Crippen LogP contribution in [-0.2, 0) is 19.6 Å². The van der Waals surface area contributed by atoms with E-state index in [0.717, 1.165) is 10.4 Å². The number of rotatable bonds is 6. The van der Waals surface area contributed by atoms with Crippen LogP contribution in [0.1, 0.15) is 23.3 Å². The molecule has 1 aliphatic rings. The maximum Gasteiger partial charge on any atom is 0.252 e. The third-order valence-corrected chi connectivity index (χ3v) is 8.47. The van der Waals surface area contributed by atoms with Gasteiger partial charge >= 0.3 is 0 Å². The number of benzene rings is 1. The number of nitrogens with zero attached hydrogens (tertiary/aromatic N) is 2. The van der Waals surface area contributed by atoms with E-state index in [1.54, 1.807) is 19.2 Å². The first-order valence-corrected chi connectivity index (χ1v) is 12.1. The van der Waals surface area contributed by atoms with Crippen LogP contribution in [0.4, 0.5) is 5.69 Å². The topological polar surface area (TPSA) is 86.8 Å². The summed E-state index contributed by atoms with van der Waals surface area (Å²) in [6.07, 6.45) is 1.22. The van der Waals surface area contributed by atoms with E-state index in [0.29, 0.717) is 29.3 Å². The van der Waals surface area contributed by atoms with Crippen LogP contribution in [0.15, 0.2) is 40.6 Å². The van der Waals surface area contributed by atoms with Crippen LogP contribution < -0.4 is 5.32 Å². The first-order chi connectivity index (χ1) is 14.2. The summed E-state index contributed by atoms with van der Waals surface area (Å²) < 4.78 is 27.5. The highest BCUT2D eigenvalue weighted by atomic mass is 32.2. The van der Waals surface area contributed by atoms with E-state index < -0.39 is 15.9 Å². The minimum atomic E-state index is -3.60. The van der Waals surface area contributed by atoms with Crippen molar-refractivity contribution in [2.24, 2.45) is 5.92 Å². The third kappa shape index (κ3) is 5.27. The molecule has 9 heteroatoms. The molecule has 1 fully saturated rings. The van der Waals surface area contributed by atoms with Gasteiger partial charge in [0.2, 0.25) is 11.8 Å². The summed E-state index contributed by atoms with van der Waals surface area (Å²) in [4.78, 5) is 27.5. The molecule has 1 N–H and O–H groups in total. The molecule has 0 aliphatic carbocycles. The Morgan fingerprint density at radius 2 is 1.87 bits per heavy atom. The Labute approximate surface area is 181 Å². The van der Waals surface area contributed by atoms with E-state index in [9.17, 15) is 18.0 Å². The number of carbonyl (C=O) groups excluding carboxylic acids is 2. The number of thiophene rings is 1. The number of hydrogen-bond donors (Lipinski definition) is 1.